The minimum atomic E-state index is -1.01. The number of ether oxygens (including phenoxy) is 3. The number of hydrogen-bond donors (Lipinski definition) is 1. The van der Waals surface area contributed by atoms with Crippen LogP contribution in [0.1, 0.15) is 507 Å². The Morgan fingerprint density at radius 3 is 1.96 bits per heavy atom. The highest BCUT2D eigenvalue weighted by molar-refractivity contribution is 5.72. The number of benzene rings is 1. The first-order valence-corrected chi connectivity index (χ1v) is 19.7. The molecule has 1 saturated heterocycles. The maximum Gasteiger partial charge on any atom is 0.166 e. The van der Waals surface area contributed by atoms with E-state index in [2.05, 4.69) is 123 Å². The highest BCUT2D eigenvalue weighted by atomic mass is 16.6. The zero-order chi connectivity index (χ0) is 36.8. The summed E-state index contributed by atoms with van der Waals surface area (Å²) < 4.78 is 21.3. The third-order valence-electron chi connectivity index (χ3n) is 19.1. The summed E-state index contributed by atoms with van der Waals surface area (Å²) in [6.07, 6.45) is 1.65. The molecule has 5 nitrogen and oxygen atoms in total. The molecular formula is C45H581NO4. The van der Waals surface area contributed by atoms with Crippen LogP contribution in [0, 0.1) is 65.1 Å². The van der Waals surface area contributed by atoms with E-state index < -0.39 is 11.2 Å². The lowest BCUT2D eigenvalue weighted by Gasteiger charge is -2.86. The molecule has 2 heterocycles. The lowest BCUT2D eigenvalue weighted by atomic mass is 9.22. The predicted octanol–water partition coefficient (Wildman–Crippen LogP) is 72.1. The van der Waals surface area contributed by atoms with E-state index in [1.165, 1.54) is 22.3 Å². The van der Waals surface area contributed by atoms with Crippen LogP contribution in [-0.4, -0.2) is 59.7 Å². The van der Waals surface area contributed by atoms with Crippen LogP contribution in [0.2, 0.25) is 0 Å². The Bertz CT molecular complexity index is 1800. The largest absolute Gasteiger partial charge is 0.493 e. The van der Waals surface area contributed by atoms with E-state index in [9.17, 15) is 5.11 Å². The number of methoxy groups -OCH3 is 2. The van der Waals surface area contributed by atoms with Crippen molar-refractivity contribution in [3.63, 3.8) is 0 Å². The molecule has 1 aromatic carbocycles. The molecule has 0 amide bonds. The van der Waals surface area contributed by atoms with Crippen molar-refractivity contribution in [3.05, 3.63) is 22.3 Å². The summed E-state index contributed by atoms with van der Waals surface area (Å²) in [5.41, 5.74) is 2.53. The SMILES string of the molecule is C.CCC(C)(C)[C@@](C)(O)[C@H]1[C@@H](C)C23CC(C)[C@@]1(OC)[C@@H]1Oc4c(OC)c(C)c(C)c5c4[C@@]12C(C)(C)C(C)(C)N(CC1C(C)C1(C)C)[C@@H]3C5(C)C.[HH].[HH].[HH].[HH].[HH].[HH].[HH].[HH].[HH].[HH].[HH].[HH].[HH].[HH].[HH].[HH].[HH].[HH].[HH].[HH].[HH].[HH].[HH].[HH].[HH].[HH].[HH].[HH].[HH].[HH].[HH].[HH].[HH].[HH].[HH].[HH].[HH].[HH].[HH].[HH].[HH].[HH].[HH].[HH].[HH].[HH].[HH].[HH].[HH].[HH].[HH].[HH].[HH].[HH].[HH].[HH].[HH].[HH].[HH].[HH].[HH].[HH].[HH].[HH].[HH].[HH].[HH].[HH].[HH].[HH].[HH].[HH].[HH].[HH].[HH].[HH].[HH].[HH].[HH].[HH].[HH].[HH].[HH].[HH].[HH].[HH].[HH].[HH].[HH].[HH].[HH].[HH].[HH].[HH].[HH].[HH].[HH].[HH].[HH].[HH].[HH].[HH].[HH].[HH].[HH].[HH].[HH].[HH].[HH].[HH].[HH].[HH].[HH].[HH].[HH].[HH].[HH].[HH].[HH].[HH].[HH].[HH].[HH].[HH].[HH].[HH].[HH].[HH].[HH].[HH].[HH].[HH].[HH].[HH].[HH].[HH].[HH].[HH].[HH].[HH].[HH].[HH].[HH].[HH].[HH].[HH].[HH].[HH].[HH].[HH].[HH].[HH].[HH].[HH].[HH].[HH].[HH].[HH].[HH].[HH].[HH].[HH].[HH].[HH].[HH].[HH].[HH].[HH].[HH].[HH].[HH].[HH].[HH].[HH].[HH].[HH].[HH].[HH].[HH].[HH].[HH].[HH].[HH].[HH].[HH].[HH].[HH].[HH].[HH].[HH].[HH].[HH].[HH].[HH].[HH].[HH].[HH].[HH].[HH].[HH].[HH].[HH].[HH].[HH].[HH].[HH].[HH].[HH].[HH].[HH].[HH].[HH].[HH].[HH].[HH].[HH].[HH].[HH].[HH].[HH].[HH].[HH].[HH].[HH].[HH].[HH].[HH].[HH].[HH].[HH].[HH].[HH].[HH].[HH].[HH].[HH].[HH].[HH].[HH].[HH].[HH].[HH].[HH].[HH].[HH].[HH].[HH].[HH].[HH].[HH].[HH].[HH].[HH]. The topological polar surface area (TPSA) is 51.2 Å². The van der Waals surface area contributed by atoms with E-state index in [-0.39, 0.29) is 431 Å². The normalized spacial score (nSPS) is 43.3. The molecule has 50 heavy (non-hydrogen) atoms. The van der Waals surface area contributed by atoms with Crippen LogP contribution < -0.4 is 9.47 Å². The fourth-order valence-electron chi connectivity index (χ4n) is 15.0. The summed E-state index contributed by atoms with van der Waals surface area (Å²) in [7, 11) is 3.75. The minimum Gasteiger partial charge on any atom is -0.493 e. The molecule has 5 aliphatic carbocycles. The van der Waals surface area contributed by atoms with E-state index in [0.29, 0.717) is 17.3 Å². The van der Waals surface area contributed by atoms with Gasteiger partial charge in [-0.3, -0.25) is 4.90 Å². The minimum absolute atomic E-state index is 0. The number of hydrogen-bond acceptors (Lipinski definition) is 5. The Kier molecular flexibility index (Phi) is 7.88. The van der Waals surface area contributed by atoms with Gasteiger partial charge in [0.2, 0.25) is 0 Å². The number of piperidine rings is 1. The fourth-order valence-corrected chi connectivity index (χ4v) is 15.0. The maximum absolute atomic E-state index is 13.3. The molecular weight excluding hydrogens is 618 g/mol. The Hall–Kier alpha value is -1.30. The zero-order valence-corrected chi connectivity index (χ0v) is 34.8. The van der Waals surface area contributed by atoms with Crippen LogP contribution in [0.4, 0.5) is 0 Å². The molecule has 1 aromatic rings. The Labute approximate surface area is 682 Å². The quantitative estimate of drug-likeness (QED) is 0.295. The third kappa shape index (κ3) is 3.47. The predicted molar refractivity (Wildman–Crippen MR) is 741 cm³/mol. The van der Waals surface area contributed by atoms with Crippen LogP contribution in [0.15, 0.2) is 0 Å². The van der Waals surface area contributed by atoms with Gasteiger partial charge in [0.15, 0.2) is 11.5 Å². The second kappa shape index (κ2) is 10.3. The highest BCUT2D eigenvalue weighted by Crippen LogP contribution is 2.87. The third-order valence-corrected chi connectivity index (χ3v) is 19.1. The van der Waals surface area contributed by atoms with Gasteiger partial charge in [-0.05, 0) is 104 Å². The molecule has 2 aliphatic heterocycles. The first-order valence-electron chi connectivity index (χ1n) is 19.7. The van der Waals surface area contributed by atoms with Crippen molar-refractivity contribution in [2.24, 2.45) is 51.2 Å². The number of nitrogens with zero attached hydrogens (tertiary/aromatic N) is 1. The van der Waals surface area contributed by atoms with E-state index in [4.69, 9.17) is 14.2 Å². The fraction of sp³-hybridized carbons (Fsp3) is 0.867. The highest BCUT2D eigenvalue weighted by Gasteiger charge is 2.92. The lowest BCUT2D eigenvalue weighted by Crippen LogP contribution is -2.94. The monoisotopic (exact) mass is 1200 g/mol. The molecule has 0 radical (unpaired) electrons. The lowest BCUT2D eigenvalue weighted by molar-refractivity contribution is -0.392. The van der Waals surface area contributed by atoms with Crippen LogP contribution in [0.3, 0.4) is 0 Å². The molecule has 7 aliphatic rings. The molecule has 11 atom stereocenters. The average molecular weight is 1200 g/mol. The molecule has 4 bridgehead atoms. The molecule has 790 valence electrons. The summed E-state index contributed by atoms with van der Waals surface area (Å²) in [6.45, 7) is 42.4. The van der Waals surface area contributed by atoms with Crippen LogP contribution in [0.25, 0.3) is 0 Å². The number of likely N-dealkylation sites (tertiary alicyclic amines) is 1. The molecule has 5 heteroatoms. The van der Waals surface area contributed by atoms with Gasteiger partial charge in [-0.15, -0.1) is 0 Å². The average Bonchev–Trinajstić information content (AvgIpc) is 3.27. The number of aliphatic hydroxyl groups is 1. The van der Waals surface area contributed by atoms with Gasteiger partial charge in [0, 0.05) is 408 Å². The van der Waals surface area contributed by atoms with Crippen molar-refractivity contribution >= 4 is 0 Å². The van der Waals surface area contributed by atoms with Crippen LogP contribution in [-0.2, 0) is 15.6 Å². The van der Waals surface area contributed by atoms with Gasteiger partial charge in [-0.25, -0.2) is 0 Å². The van der Waals surface area contributed by atoms with Gasteiger partial charge >= 0.3 is 0 Å². The van der Waals surface area contributed by atoms with Crippen molar-refractivity contribution in [1.82, 2.24) is 4.90 Å². The number of rotatable bonds is 7. The van der Waals surface area contributed by atoms with Crippen molar-refractivity contribution in [1.29, 1.82) is 0 Å². The van der Waals surface area contributed by atoms with Crippen LogP contribution >= 0.6 is 0 Å². The Morgan fingerprint density at radius 1 is 0.920 bits per heavy atom. The van der Waals surface area contributed by atoms with Crippen molar-refractivity contribution in [3.8, 4) is 11.5 Å². The van der Waals surface area contributed by atoms with Gasteiger partial charge in [-0.2, -0.15) is 0 Å². The Balaban J connectivity index is -0.000000000484. The standard InChI is InChI=1S/C44H71NO4.CH4.253H2/c1-20-36(7,8)41(17,46)33-27(6)42-21-23(2)43(33,48-19)35-44(42)30-29(24(3)25(4)31(47-18)32(30)49-35)38(11,12)34(42)45(40(15,16)39(44,13)14)22-28-26(5)37(28,9)10;;;;;;;;;;;;;;;;;;;;;;;;;;;;;;;;;;;;;;;;;;;;;;;;;;;;;;;;;;;;;;;;;;;;;;;;;;;;;;;;;;;;;;;;;;;;;;;;;;;;;;;;;;;;;;;;;;;;;;;;;;;;;;;;;;;;;;;;;;;;;;;;;;;;;;;;;;;;;;;;;;;;;;;;;;;;;;;;;;;;;;;;;;;;;;;;;;;;;;;;;;;;;;;;;;;;;;;;;;;;;;;;;;;;;;;;;;;;;;;;;;;;;;;;;;;;;;/h23,26-28,33-35,46H,20-22H2,1-19H3;1H4;253*1H/t23?,26?,27-,28?,33-,34-,35+,41+,42?,43+,44+;;;;;;;;;;;;;;;;;;;;;;;;;;;;;;;;;;;;;;;;;;;;;;;;;;;;;;;;;;;;;;;;;;;;;;;;;;;;;;;;;;;;;;;;;;;;;;;;;;;;;;;;;;;;;;;;;;;;;;;;;;;;;;;;;;;;;;;;;;;;;;;;;;;;;;;;;;;;;;;;;;;;;;;;;;;;;;;;;;;;;;;;;;;;;;;;;;;;;;;;;;;;;;;;;;;;;;;;;;;;;;;;;;;;;;;;;;;;;;;;;;;;;;;;;;;;;;/m1............................................................................................................................................................................................................................................................../s1. The molecule has 8 rings (SSSR count). The molecule has 2 spiro atoms. The smallest absolute Gasteiger partial charge is 0.166 e. The van der Waals surface area contributed by atoms with Gasteiger partial charge in [-0.1, -0.05) is 90.5 Å². The molecule has 4 unspecified atom stereocenters. The van der Waals surface area contributed by atoms with Gasteiger partial charge in [0.1, 0.15) is 11.7 Å². The van der Waals surface area contributed by atoms with Gasteiger partial charge in [0.05, 0.1) is 18.1 Å². The second-order valence-electron chi connectivity index (χ2n) is 21.2. The number of fused-ring (bicyclic) bond motifs is 2. The first-order chi connectivity index (χ1) is 22.3. The van der Waals surface area contributed by atoms with Gasteiger partial charge < -0.3 is 19.3 Å². The molecule has 5 fully saturated rings. The van der Waals surface area contributed by atoms with E-state index in [1.54, 1.807) is 0 Å². The first kappa shape index (κ1) is 38.4. The molecule has 1 N–H and O–H groups in total. The molecule has 0 aromatic heterocycles. The molecule has 4 saturated carbocycles. The maximum atomic E-state index is 13.3. The van der Waals surface area contributed by atoms with Crippen molar-refractivity contribution in [2.45, 2.75) is 178 Å². The summed E-state index contributed by atoms with van der Waals surface area (Å²) >= 11 is 0. The van der Waals surface area contributed by atoms with Gasteiger partial charge in [0.25, 0.3) is 0 Å². The second-order valence-corrected chi connectivity index (χ2v) is 21.2. The van der Waals surface area contributed by atoms with E-state index in [0.717, 1.165) is 30.9 Å². The van der Waals surface area contributed by atoms with Crippen molar-refractivity contribution in [2.75, 3.05) is 20.8 Å². The summed E-state index contributed by atoms with van der Waals surface area (Å²) in [4.78, 5) is 3.05. The zero-order valence-electron chi connectivity index (χ0n) is 34.8. The summed E-state index contributed by atoms with van der Waals surface area (Å²) in [6, 6.07) is 0.235. The Morgan fingerprint density at radius 2 is 1.48 bits per heavy atom. The summed E-state index contributed by atoms with van der Waals surface area (Å²) in [5, 5.41) is 13.3. The van der Waals surface area contributed by atoms with Crippen LogP contribution in [0.5, 0.6) is 11.5 Å². The van der Waals surface area contributed by atoms with E-state index in [1.807, 2.05) is 14.2 Å². The van der Waals surface area contributed by atoms with E-state index >= 15 is 0 Å². The summed E-state index contributed by atoms with van der Waals surface area (Å²) in [5.74, 6) is 3.36. The van der Waals surface area contributed by atoms with Crippen molar-refractivity contribution < 1.29 is 380 Å².